The molecule has 1 atom stereocenters. The van der Waals surface area contributed by atoms with Crippen LogP contribution in [0.2, 0.25) is 0 Å². The predicted molar refractivity (Wildman–Crippen MR) is 30.4 cm³/mol. The summed E-state index contributed by atoms with van der Waals surface area (Å²) in [7, 11) is 0. The Balaban J connectivity index is -0.0000000347. The van der Waals surface area contributed by atoms with E-state index in [4.69, 9.17) is 13.3 Å². The van der Waals surface area contributed by atoms with Gasteiger partial charge in [0.1, 0.15) is 11.4 Å². The second kappa shape index (κ2) is 21.0. The first-order valence-corrected chi connectivity index (χ1v) is 3.91. The van der Waals surface area contributed by atoms with E-state index in [0.717, 1.165) is 6.92 Å². The number of hydrogen-bond donors (Lipinski definition) is 0. The van der Waals surface area contributed by atoms with E-state index in [1.165, 1.54) is 0 Å². The Hall–Kier alpha value is 2.65. The van der Waals surface area contributed by atoms with Crippen molar-refractivity contribution < 1.29 is 120 Å². The molecule has 0 rings (SSSR count). The van der Waals surface area contributed by atoms with Gasteiger partial charge < -0.3 is 17.8 Å². The van der Waals surface area contributed by atoms with E-state index in [9.17, 15) is 13.6 Å². The van der Waals surface area contributed by atoms with Gasteiger partial charge in [-0.05, 0) is 0 Å². The molecule has 0 aliphatic heterocycles. The monoisotopic (exact) mass is 272 g/mol. The molecule has 0 amide bonds. The zero-order valence-corrected chi connectivity index (χ0v) is 15.8. The Morgan fingerprint density at radius 2 is 1.29 bits per heavy atom. The molecule has 0 aromatic rings. The summed E-state index contributed by atoms with van der Waals surface area (Å²) in [5, 5.41) is 0. The van der Waals surface area contributed by atoms with E-state index in [2.05, 4.69) is 4.18 Å². The molecular weight excluding hydrogens is 269 g/mol. The summed E-state index contributed by atoms with van der Waals surface area (Å²) in [5.41, 5.74) is 0. The maximum Gasteiger partial charge on any atom is 1.00 e. The van der Waals surface area contributed by atoms with Gasteiger partial charge in [0.05, 0.1) is 0 Å². The van der Waals surface area contributed by atoms with Gasteiger partial charge in [-0.15, -0.1) is 11.4 Å². The van der Waals surface area contributed by atoms with Crippen molar-refractivity contribution in [3.05, 3.63) is 0 Å². The van der Waals surface area contributed by atoms with Crippen molar-refractivity contribution in [1.29, 1.82) is 0 Å². The van der Waals surface area contributed by atoms with Crippen LogP contribution in [0.25, 0.3) is 0 Å². The molecule has 0 aromatic carbocycles. The van der Waals surface area contributed by atoms with E-state index in [-0.39, 0.29) is 88.7 Å². The van der Waals surface area contributed by atoms with Gasteiger partial charge in [-0.3, -0.25) is 9.00 Å². The summed E-state index contributed by atoms with van der Waals surface area (Å²) < 4.78 is 47.6. The van der Waals surface area contributed by atoms with Crippen molar-refractivity contribution in [2.75, 3.05) is 0 Å². The van der Waals surface area contributed by atoms with Crippen molar-refractivity contribution in [3.8, 4) is 0 Å². The number of hydrogen-bond acceptors (Lipinski definition) is 7. The second-order valence-corrected chi connectivity index (χ2v) is 1.97. The van der Waals surface area contributed by atoms with E-state index < -0.39 is 28.7 Å². The van der Waals surface area contributed by atoms with Crippen LogP contribution in [-0.4, -0.2) is 28.0 Å². The van der Waals surface area contributed by atoms with Crippen molar-refractivity contribution in [2.24, 2.45) is 0 Å². The summed E-state index contributed by atoms with van der Waals surface area (Å²) in [4.78, 5) is 9.64. The fourth-order valence-electron chi connectivity index (χ4n) is 0.0958. The second-order valence-electron chi connectivity index (χ2n) is 0.983. The van der Waals surface area contributed by atoms with Crippen molar-refractivity contribution >= 4 is 28.7 Å². The van der Waals surface area contributed by atoms with Crippen LogP contribution in [0, 0.1) is 0 Å². The molecule has 1 unspecified atom stereocenters. The third-order valence-electron chi connectivity index (χ3n) is 0.185. The molecule has 0 N–H and O–H groups in total. The number of carbonyl (C=O) groups is 1. The van der Waals surface area contributed by atoms with Gasteiger partial charge in [0.2, 0.25) is 0 Å². The van der Waals surface area contributed by atoms with Crippen molar-refractivity contribution in [1.82, 2.24) is 0 Å². The van der Waals surface area contributed by atoms with Gasteiger partial charge in [0.25, 0.3) is 0 Å². The van der Waals surface area contributed by atoms with Crippen molar-refractivity contribution in [2.45, 2.75) is 6.92 Å². The minimum atomic E-state index is -3.11. The van der Waals surface area contributed by atoms with Gasteiger partial charge in [-0.25, -0.2) is 4.21 Å². The molecule has 0 radical (unpaired) electrons. The summed E-state index contributed by atoms with van der Waals surface area (Å²) in [6.45, 7) is 1.01. The first kappa shape index (κ1) is 30.0. The molecule has 0 heterocycles. The van der Waals surface area contributed by atoms with Crippen molar-refractivity contribution in [3.63, 3.8) is 0 Å². The summed E-state index contributed by atoms with van der Waals surface area (Å²) in [6.07, 6.45) is 0. The predicted octanol–water partition coefficient (Wildman–Crippen LogP) is -10.6. The average molecular weight is 272 g/mol. The molecule has 14 heavy (non-hydrogen) atoms. The Bertz CT molecular complexity index is 158. The maximum absolute atomic E-state index is 9.64. The molecule has 0 aromatic heterocycles. The van der Waals surface area contributed by atoms with Crippen LogP contribution < -0.4 is 88.7 Å². The topological polar surface area (TPSA) is 130 Å². The van der Waals surface area contributed by atoms with Crippen LogP contribution in [0.5, 0.6) is 0 Å². The van der Waals surface area contributed by atoms with E-state index >= 15 is 0 Å². The molecule has 0 aliphatic rings. The summed E-state index contributed by atoms with van der Waals surface area (Å²) in [6, 6.07) is 0. The van der Waals surface area contributed by atoms with Gasteiger partial charge in [-0.2, -0.15) is 0 Å². The molecule has 0 saturated heterocycles. The SMILES string of the molecule is CC(=O)OS(=O)[O-].O=S([O-])[O-].[Na+].[Na+].[Na+]. The van der Waals surface area contributed by atoms with Gasteiger partial charge in [0, 0.05) is 6.92 Å². The van der Waals surface area contributed by atoms with E-state index in [1.54, 1.807) is 0 Å². The molecule has 0 bridgehead atoms. The Morgan fingerprint density at radius 1 is 1.07 bits per heavy atom. The summed E-state index contributed by atoms with van der Waals surface area (Å²) >= 11 is -5.81. The zero-order valence-electron chi connectivity index (χ0n) is 8.17. The quantitative estimate of drug-likeness (QED) is 0.342. The molecule has 68 valence electrons. The molecule has 12 heteroatoms. The Labute approximate surface area is 153 Å². The number of rotatable bonds is 1. The van der Waals surface area contributed by atoms with Gasteiger partial charge in [-0.1, -0.05) is 0 Å². The largest absolute Gasteiger partial charge is 1.00 e. The minimum absolute atomic E-state index is 0. The van der Waals surface area contributed by atoms with Gasteiger partial charge >= 0.3 is 94.6 Å². The van der Waals surface area contributed by atoms with Crippen LogP contribution in [0.15, 0.2) is 0 Å². The van der Waals surface area contributed by atoms with E-state index in [1.807, 2.05) is 0 Å². The molecule has 0 spiro atoms. The maximum atomic E-state index is 9.64. The first-order valence-electron chi connectivity index (χ1n) is 1.91. The van der Waals surface area contributed by atoms with Crippen LogP contribution in [0.4, 0.5) is 0 Å². The molecule has 0 fully saturated rings. The summed E-state index contributed by atoms with van der Waals surface area (Å²) in [5.74, 6) is -0.826. The number of carbonyl (C=O) groups excluding carboxylic acids is 1. The van der Waals surface area contributed by atoms with Gasteiger partial charge in [0.15, 0.2) is 0 Å². The van der Waals surface area contributed by atoms with Crippen LogP contribution in [0.3, 0.4) is 0 Å². The molecular formula is C2H3Na3O7S2. The molecule has 7 nitrogen and oxygen atoms in total. The Kier molecular flexibility index (Phi) is 45.0. The molecule has 0 aliphatic carbocycles. The average Bonchev–Trinajstić information content (AvgIpc) is 1.56. The fraction of sp³-hybridized carbons (Fsp3) is 0.500. The standard InChI is InChI=1S/C2H4O4S.3Na.H2O3S/c1-2(3)6-7(4)5;;;;1-4(2)3/h1H3,(H,4,5);;;;(H2,1,2,3)/q;3*+1;/p-3. The smallest absolute Gasteiger partial charge is 0.784 e. The minimum Gasteiger partial charge on any atom is -0.784 e. The fourth-order valence-corrected chi connectivity index (χ4v) is 0.287. The van der Waals surface area contributed by atoms with Crippen LogP contribution in [-0.2, 0) is 31.7 Å². The van der Waals surface area contributed by atoms with E-state index in [0.29, 0.717) is 0 Å². The third-order valence-corrected chi connectivity index (χ3v) is 0.556. The zero-order chi connectivity index (χ0) is 9.44. The third kappa shape index (κ3) is 61.7. The van der Waals surface area contributed by atoms with Crippen LogP contribution >= 0.6 is 0 Å². The molecule has 0 saturated carbocycles. The normalized spacial score (nSPS) is 8.93. The van der Waals surface area contributed by atoms with Crippen LogP contribution in [0.1, 0.15) is 6.92 Å². The Morgan fingerprint density at radius 3 is 1.29 bits per heavy atom. The first-order chi connectivity index (χ1) is 4.86.